The van der Waals surface area contributed by atoms with Crippen LogP contribution in [0.2, 0.25) is 0 Å². The summed E-state index contributed by atoms with van der Waals surface area (Å²) in [6, 6.07) is 17.6. The molecular weight excluding hydrogens is 595 g/mol. The van der Waals surface area contributed by atoms with E-state index in [9.17, 15) is 14.0 Å². The molecule has 2 aromatic carbocycles. The number of alkyl halides is 1. The van der Waals surface area contributed by atoms with E-state index in [1.807, 2.05) is 61.4 Å². The third kappa shape index (κ3) is 5.58. The normalized spacial score (nSPS) is 22.9. The first-order chi connectivity index (χ1) is 22.8. The Labute approximate surface area is 273 Å². The Morgan fingerprint density at radius 3 is 2.55 bits per heavy atom. The van der Waals surface area contributed by atoms with Crippen molar-refractivity contribution in [1.82, 2.24) is 20.1 Å². The van der Waals surface area contributed by atoms with E-state index in [0.29, 0.717) is 18.2 Å². The highest BCUT2D eigenvalue weighted by molar-refractivity contribution is 6.00. The number of anilines is 2. The quantitative estimate of drug-likeness (QED) is 0.266. The molecule has 2 saturated heterocycles. The second kappa shape index (κ2) is 11.6. The van der Waals surface area contributed by atoms with Crippen LogP contribution >= 0.6 is 0 Å². The number of fused-ring (bicyclic) bond motifs is 3. The van der Waals surface area contributed by atoms with Gasteiger partial charge in [-0.1, -0.05) is 30.3 Å². The number of carbonyl (C=O) groups is 2. The molecule has 0 spiro atoms. The SMILES string of the molecule is Cc1cnn(C)c1-c1ccc(NC(=O)C(NC(=O)C2(F)CC2)[C@@H]2CCCc3ccc(-c4ccnc(N5C[C@H]6C[C@@H]5CO6)c4)cc32)cc1. The molecule has 2 aliphatic carbocycles. The summed E-state index contributed by atoms with van der Waals surface area (Å²) in [6.07, 6.45) is 7.80. The fraction of sp³-hybridized carbons (Fsp3) is 0.405. The zero-order valence-electron chi connectivity index (χ0n) is 26.7. The van der Waals surface area contributed by atoms with Crippen LogP contribution in [0.15, 0.2) is 67.0 Å². The monoisotopic (exact) mass is 634 g/mol. The van der Waals surface area contributed by atoms with Gasteiger partial charge in [0.05, 0.1) is 30.6 Å². The van der Waals surface area contributed by atoms with Crippen LogP contribution in [0.25, 0.3) is 22.4 Å². The second-order valence-electron chi connectivity index (χ2n) is 13.6. The molecule has 242 valence electrons. The zero-order valence-corrected chi connectivity index (χ0v) is 26.7. The number of rotatable bonds is 8. The van der Waals surface area contributed by atoms with Gasteiger partial charge in [-0.05, 0) is 97.5 Å². The number of amides is 2. The number of nitrogens with one attached hydrogen (secondary N) is 2. The minimum atomic E-state index is -1.89. The Hall–Kier alpha value is -4.57. The highest BCUT2D eigenvalue weighted by atomic mass is 19.1. The van der Waals surface area contributed by atoms with Crippen molar-refractivity contribution in [1.29, 1.82) is 0 Å². The molecular formula is C37H39FN6O3. The molecule has 4 aromatic rings. The number of nitrogens with zero attached hydrogens (tertiary/aromatic N) is 4. The van der Waals surface area contributed by atoms with Gasteiger partial charge in [0.15, 0.2) is 5.67 Å². The minimum absolute atomic E-state index is 0.183. The van der Waals surface area contributed by atoms with Crippen LogP contribution in [-0.4, -0.2) is 63.6 Å². The van der Waals surface area contributed by atoms with Gasteiger partial charge in [0.25, 0.3) is 5.91 Å². The van der Waals surface area contributed by atoms with Gasteiger partial charge in [-0.15, -0.1) is 0 Å². The Kier molecular flexibility index (Phi) is 7.35. The summed E-state index contributed by atoms with van der Waals surface area (Å²) in [6.45, 7) is 3.60. The number of aromatic nitrogens is 3. The summed E-state index contributed by atoms with van der Waals surface area (Å²) in [5.74, 6) is -0.424. The summed E-state index contributed by atoms with van der Waals surface area (Å²) in [7, 11) is 1.90. The molecule has 3 fully saturated rings. The Bertz CT molecular complexity index is 1830. The lowest BCUT2D eigenvalue weighted by Gasteiger charge is -2.33. The van der Waals surface area contributed by atoms with Crippen molar-refractivity contribution in [2.24, 2.45) is 7.05 Å². The Morgan fingerprint density at radius 2 is 1.85 bits per heavy atom. The molecule has 2 bridgehead atoms. The maximum Gasteiger partial charge on any atom is 0.258 e. The molecule has 2 aromatic heterocycles. The van der Waals surface area contributed by atoms with Crippen LogP contribution in [0.1, 0.15) is 54.7 Å². The largest absolute Gasteiger partial charge is 0.374 e. The van der Waals surface area contributed by atoms with Gasteiger partial charge < -0.3 is 20.3 Å². The summed E-state index contributed by atoms with van der Waals surface area (Å²) in [5.41, 5.74) is 5.99. The van der Waals surface area contributed by atoms with Crippen LogP contribution in [0.3, 0.4) is 0 Å². The first kappa shape index (κ1) is 29.8. The highest BCUT2D eigenvalue weighted by Crippen LogP contribution is 2.42. The molecule has 2 aliphatic heterocycles. The van der Waals surface area contributed by atoms with Crippen molar-refractivity contribution in [3.63, 3.8) is 0 Å². The summed E-state index contributed by atoms with van der Waals surface area (Å²) in [5, 5.41) is 10.2. The number of pyridine rings is 1. The van der Waals surface area contributed by atoms with E-state index >= 15 is 0 Å². The Balaban J connectivity index is 1.08. The van der Waals surface area contributed by atoms with E-state index in [0.717, 1.165) is 77.3 Å². The van der Waals surface area contributed by atoms with Gasteiger partial charge >= 0.3 is 0 Å². The standard InChI is InChI=1S/C37H39FN6O3/c1-22-19-40-43(2)34(22)24-8-10-27(11-9-24)41-35(45)33(42-36(46)37(38)13-14-37)30-5-3-4-23-6-7-25(16-31(23)30)26-12-15-39-32(17-26)44-20-29-18-28(44)21-47-29/h6-12,15-17,19,28-30,33H,3-5,13-14,18,20-21H2,1-2H3,(H,41,45)(H,42,46)/t28-,29-,30-,33?/m1/s1. The molecule has 1 unspecified atom stereocenters. The lowest BCUT2D eigenvalue weighted by atomic mass is 9.77. The molecule has 8 rings (SSSR count). The second-order valence-corrected chi connectivity index (χ2v) is 13.6. The van der Waals surface area contributed by atoms with Crippen molar-refractivity contribution >= 4 is 23.3 Å². The number of carbonyl (C=O) groups excluding carboxylic acids is 2. The number of morpholine rings is 1. The zero-order chi connectivity index (χ0) is 32.3. The molecule has 1 saturated carbocycles. The fourth-order valence-electron chi connectivity index (χ4n) is 7.65. The molecule has 4 heterocycles. The minimum Gasteiger partial charge on any atom is -0.374 e. The van der Waals surface area contributed by atoms with Crippen LogP contribution in [0, 0.1) is 6.92 Å². The highest BCUT2D eigenvalue weighted by Gasteiger charge is 2.52. The molecule has 9 nitrogen and oxygen atoms in total. The van der Waals surface area contributed by atoms with E-state index in [2.05, 4.69) is 49.9 Å². The third-order valence-electron chi connectivity index (χ3n) is 10.4. The van der Waals surface area contributed by atoms with E-state index in [4.69, 9.17) is 4.74 Å². The van der Waals surface area contributed by atoms with Gasteiger partial charge in [0.1, 0.15) is 11.9 Å². The number of hydrogen-bond acceptors (Lipinski definition) is 6. The first-order valence-corrected chi connectivity index (χ1v) is 16.6. The van der Waals surface area contributed by atoms with Gasteiger partial charge in [-0.2, -0.15) is 5.10 Å². The smallest absolute Gasteiger partial charge is 0.258 e. The molecule has 4 aliphatic rings. The van der Waals surface area contributed by atoms with E-state index < -0.39 is 17.6 Å². The van der Waals surface area contributed by atoms with Crippen molar-refractivity contribution in [2.75, 3.05) is 23.4 Å². The van der Waals surface area contributed by atoms with E-state index in [-0.39, 0.29) is 30.8 Å². The topological polar surface area (TPSA) is 101 Å². The number of ether oxygens (including phenoxy) is 1. The summed E-state index contributed by atoms with van der Waals surface area (Å²) < 4.78 is 22.6. The average Bonchev–Trinajstić information content (AvgIpc) is 3.37. The van der Waals surface area contributed by atoms with Crippen molar-refractivity contribution in [2.45, 2.75) is 75.2 Å². The number of benzene rings is 2. The maximum absolute atomic E-state index is 15.0. The lowest BCUT2D eigenvalue weighted by molar-refractivity contribution is -0.131. The lowest BCUT2D eigenvalue weighted by Crippen LogP contribution is -2.51. The third-order valence-corrected chi connectivity index (χ3v) is 10.4. The van der Waals surface area contributed by atoms with Crippen molar-refractivity contribution in [3.05, 3.63) is 83.7 Å². The van der Waals surface area contributed by atoms with Gasteiger partial charge in [0, 0.05) is 37.0 Å². The number of aryl methyl sites for hydroxylation is 3. The van der Waals surface area contributed by atoms with Gasteiger partial charge in [0.2, 0.25) is 5.91 Å². The van der Waals surface area contributed by atoms with Crippen LogP contribution in [0.5, 0.6) is 0 Å². The summed E-state index contributed by atoms with van der Waals surface area (Å²) >= 11 is 0. The van der Waals surface area contributed by atoms with Gasteiger partial charge in [-0.3, -0.25) is 14.3 Å². The predicted molar refractivity (Wildman–Crippen MR) is 178 cm³/mol. The number of halogens is 1. The summed E-state index contributed by atoms with van der Waals surface area (Å²) in [4.78, 5) is 34.2. The predicted octanol–water partition coefficient (Wildman–Crippen LogP) is 5.48. The first-order valence-electron chi connectivity index (χ1n) is 16.6. The molecule has 10 heteroatoms. The molecule has 47 heavy (non-hydrogen) atoms. The molecule has 2 amide bonds. The van der Waals surface area contributed by atoms with Crippen LogP contribution in [0.4, 0.5) is 15.9 Å². The van der Waals surface area contributed by atoms with Crippen molar-refractivity contribution in [3.8, 4) is 22.4 Å². The van der Waals surface area contributed by atoms with E-state index in [1.165, 1.54) is 0 Å². The fourth-order valence-corrected chi connectivity index (χ4v) is 7.65. The molecule has 4 atom stereocenters. The van der Waals surface area contributed by atoms with Crippen molar-refractivity contribution < 1.29 is 18.7 Å². The molecule has 2 N–H and O–H groups in total. The Morgan fingerprint density at radius 1 is 1.06 bits per heavy atom. The van der Waals surface area contributed by atoms with Gasteiger partial charge in [-0.25, -0.2) is 9.37 Å². The van der Waals surface area contributed by atoms with E-state index in [1.54, 1.807) is 0 Å². The molecule has 0 radical (unpaired) electrons. The van der Waals surface area contributed by atoms with Crippen LogP contribution in [-0.2, 0) is 27.8 Å². The number of hydrogen-bond donors (Lipinski definition) is 2. The maximum atomic E-state index is 15.0. The van der Waals surface area contributed by atoms with Crippen LogP contribution < -0.4 is 15.5 Å². The average molecular weight is 635 g/mol.